The quantitative estimate of drug-likeness (QED) is 0.603. The Hall–Kier alpha value is -1.28. The van der Waals surface area contributed by atoms with Crippen LogP contribution in [0.25, 0.3) is 0 Å². The third-order valence-corrected chi connectivity index (χ3v) is 5.03. The van der Waals surface area contributed by atoms with Crippen LogP contribution >= 0.6 is 0 Å². The molecule has 2 atom stereocenters. The molecule has 5 heteroatoms. The van der Waals surface area contributed by atoms with Gasteiger partial charge in [0.1, 0.15) is 6.04 Å². The number of piperidine rings is 1. The molecule has 1 saturated heterocycles. The van der Waals surface area contributed by atoms with Crippen molar-refractivity contribution < 1.29 is 0 Å². The topological polar surface area (TPSA) is 77.4 Å². The van der Waals surface area contributed by atoms with Crippen LogP contribution in [0.4, 0.5) is 0 Å². The number of nitrogens with two attached hydrogens (primary N) is 1. The Morgan fingerprint density at radius 1 is 1.27 bits per heavy atom. The lowest BCUT2D eigenvalue weighted by molar-refractivity contribution is 0.279. The maximum Gasteiger partial charge on any atom is 0.192 e. The Morgan fingerprint density at radius 2 is 2.00 bits per heavy atom. The van der Waals surface area contributed by atoms with Crippen LogP contribution in [0.3, 0.4) is 0 Å². The van der Waals surface area contributed by atoms with Crippen molar-refractivity contribution in [3.63, 3.8) is 0 Å². The molecular weight excluding hydrogens is 274 g/mol. The fourth-order valence-corrected chi connectivity index (χ4v) is 3.83. The molecule has 2 fully saturated rings. The van der Waals surface area contributed by atoms with Crippen LogP contribution in [0.2, 0.25) is 0 Å². The van der Waals surface area contributed by atoms with Gasteiger partial charge >= 0.3 is 0 Å². The van der Waals surface area contributed by atoms with Gasteiger partial charge in [-0.3, -0.25) is 0 Å². The van der Waals surface area contributed by atoms with E-state index in [9.17, 15) is 5.26 Å². The van der Waals surface area contributed by atoms with E-state index in [1.54, 1.807) is 0 Å². The lowest BCUT2D eigenvalue weighted by Crippen LogP contribution is -2.47. The summed E-state index contributed by atoms with van der Waals surface area (Å²) in [5, 5.41) is 12.5. The molecule has 5 nitrogen and oxygen atoms in total. The second-order valence-corrected chi connectivity index (χ2v) is 6.77. The molecule has 22 heavy (non-hydrogen) atoms. The number of rotatable bonds is 5. The van der Waals surface area contributed by atoms with Crippen LogP contribution in [0.5, 0.6) is 0 Å². The van der Waals surface area contributed by atoms with E-state index < -0.39 is 0 Å². The summed E-state index contributed by atoms with van der Waals surface area (Å²) in [7, 11) is 1.97. The van der Waals surface area contributed by atoms with Gasteiger partial charge in [0.05, 0.1) is 12.1 Å². The molecule has 1 aliphatic heterocycles. The first-order valence-corrected chi connectivity index (χ1v) is 8.88. The molecule has 124 valence electrons. The van der Waals surface area contributed by atoms with Crippen molar-refractivity contribution in [2.45, 2.75) is 69.9 Å². The van der Waals surface area contributed by atoms with E-state index in [0.717, 1.165) is 44.7 Å². The summed E-state index contributed by atoms with van der Waals surface area (Å²) in [6.45, 7) is 1.73. The average Bonchev–Trinajstić information content (AvgIpc) is 2.56. The number of nitriles is 1. The van der Waals surface area contributed by atoms with Gasteiger partial charge in [-0.1, -0.05) is 32.1 Å². The molecule has 0 radical (unpaired) electrons. The molecule has 0 aromatic heterocycles. The molecule has 1 heterocycles. The highest BCUT2D eigenvalue weighted by atomic mass is 15.3. The van der Waals surface area contributed by atoms with Gasteiger partial charge in [0.2, 0.25) is 0 Å². The number of likely N-dealkylation sites (N-methyl/N-ethyl adjacent to an activating group) is 1. The minimum atomic E-state index is -0.0950. The van der Waals surface area contributed by atoms with Crippen molar-refractivity contribution in [2.75, 3.05) is 20.1 Å². The largest absolute Gasteiger partial charge is 0.370 e. The normalized spacial score (nSPS) is 25.7. The zero-order valence-electron chi connectivity index (χ0n) is 13.9. The molecule has 2 aliphatic rings. The maximum absolute atomic E-state index is 9.29. The molecule has 0 aromatic carbocycles. The van der Waals surface area contributed by atoms with Crippen molar-refractivity contribution in [1.82, 2.24) is 10.2 Å². The summed E-state index contributed by atoms with van der Waals surface area (Å²) < 4.78 is 0. The second-order valence-electron chi connectivity index (χ2n) is 6.77. The maximum atomic E-state index is 9.29. The molecule has 3 N–H and O–H groups in total. The van der Waals surface area contributed by atoms with Crippen LogP contribution in [-0.4, -0.2) is 43.1 Å². The van der Waals surface area contributed by atoms with E-state index in [1.165, 1.54) is 32.1 Å². The fourth-order valence-electron chi connectivity index (χ4n) is 3.83. The number of nitrogens with one attached hydrogen (secondary N) is 1. The molecule has 2 rings (SSSR count). The smallest absolute Gasteiger partial charge is 0.192 e. The van der Waals surface area contributed by atoms with Gasteiger partial charge in [0.15, 0.2) is 5.96 Å². The first-order valence-electron chi connectivity index (χ1n) is 8.88. The average molecular weight is 305 g/mol. The standard InChI is InChI=1S/C17H31N5/c1-20-13-15(11-14-7-3-2-4-8-14)21-17(19)22-10-6-5-9-16(22)12-18/h14-16,20H,2-11,13H2,1H3,(H2,19,21)/t15-,16?/m0/s1. The lowest BCUT2D eigenvalue weighted by atomic mass is 9.85. The molecule has 0 bridgehead atoms. The number of likely N-dealkylation sites (tertiary alicyclic amines) is 1. The van der Waals surface area contributed by atoms with Crippen LogP contribution in [0, 0.1) is 17.2 Å². The molecular formula is C17H31N5. The zero-order chi connectivity index (χ0) is 15.8. The summed E-state index contributed by atoms with van der Waals surface area (Å²) in [5.74, 6) is 1.36. The Balaban J connectivity index is 1.98. The molecule has 1 saturated carbocycles. The van der Waals surface area contributed by atoms with Crippen molar-refractivity contribution in [2.24, 2.45) is 16.6 Å². The van der Waals surface area contributed by atoms with E-state index in [2.05, 4.69) is 11.4 Å². The number of aliphatic imine (C=N–C) groups is 1. The van der Waals surface area contributed by atoms with E-state index in [0.29, 0.717) is 5.96 Å². The Bertz CT molecular complexity index is 394. The molecule has 1 aliphatic carbocycles. The molecule has 0 amide bonds. The predicted molar refractivity (Wildman–Crippen MR) is 90.5 cm³/mol. The Kier molecular flexibility index (Phi) is 6.98. The Morgan fingerprint density at radius 3 is 2.68 bits per heavy atom. The highest BCUT2D eigenvalue weighted by molar-refractivity contribution is 5.79. The van der Waals surface area contributed by atoms with Gasteiger partial charge in [0, 0.05) is 13.1 Å². The Labute approximate surface area is 135 Å². The summed E-state index contributed by atoms with van der Waals surface area (Å²) in [6, 6.07) is 2.51. The predicted octanol–water partition coefficient (Wildman–Crippen LogP) is 2.24. The third kappa shape index (κ3) is 4.88. The van der Waals surface area contributed by atoms with Crippen molar-refractivity contribution in [1.29, 1.82) is 5.26 Å². The fraction of sp³-hybridized carbons (Fsp3) is 0.882. The molecule has 0 spiro atoms. The van der Waals surface area contributed by atoms with Gasteiger partial charge in [0.25, 0.3) is 0 Å². The second kappa shape index (κ2) is 8.99. The molecule has 0 aromatic rings. The van der Waals surface area contributed by atoms with Gasteiger partial charge in [-0.05, 0) is 38.6 Å². The highest BCUT2D eigenvalue weighted by Crippen LogP contribution is 2.28. The summed E-state index contributed by atoms with van der Waals surface area (Å²) in [6.07, 6.45) is 11.0. The van der Waals surface area contributed by atoms with E-state index >= 15 is 0 Å². The van der Waals surface area contributed by atoms with Crippen LogP contribution < -0.4 is 11.1 Å². The van der Waals surface area contributed by atoms with Crippen LogP contribution in [-0.2, 0) is 0 Å². The van der Waals surface area contributed by atoms with Crippen LogP contribution in [0.15, 0.2) is 4.99 Å². The SMILES string of the molecule is CNC[C@H](CC1CCCCC1)N=C(N)N1CCCCC1C#N. The van der Waals surface area contributed by atoms with E-state index in [1.807, 2.05) is 11.9 Å². The zero-order valence-corrected chi connectivity index (χ0v) is 13.9. The minimum Gasteiger partial charge on any atom is -0.370 e. The summed E-state index contributed by atoms with van der Waals surface area (Å²) >= 11 is 0. The van der Waals surface area contributed by atoms with Gasteiger partial charge in [-0.15, -0.1) is 0 Å². The number of hydrogen-bond donors (Lipinski definition) is 2. The van der Waals surface area contributed by atoms with Crippen LogP contribution in [0.1, 0.15) is 57.8 Å². The minimum absolute atomic E-state index is 0.0950. The van der Waals surface area contributed by atoms with Gasteiger partial charge in [-0.2, -0.15) is 5.26 Å². The number of nitrogens with zero attached hydrogens (tertiary/aromatic N) is 3. The summed E-state index contributed by atoms with van der Waals surface area (Å²) in [5.41, 5.74) is 6.25. The number of hydrogen-bond acceptors (Lipinski definition) is 3. The highest BCUT2D eigenvalue weighted by Gasteiger charge is 2.25. The van der Waals surface area contributed by atoms with Crippen molar-refractivity contribution in [3.05, 3.63) is 0 Å². The van der Waals surface area contributed by atoms with Crippen molar-refractivity contribution >= 4 is 5.96 Å². The van der Waals surface area contributed by atoms with Crippen molar-refractivity contribution in [3.8, 4) is 6.07 Å². The number of guanidine groups is 1. The third-order valence-electron chi connectivity index (χ3n) is 5.03. The van der Waals surface area contributed by atoms with E-state index in [-0.39, 0.29) is 12.1 Å². The monoisotopic (exact) mass is 305 g/mol. The first-order chi connectivity index (χ1) is 10.7. The first kappa shape index (κ1) is 17.1. The lowest BCUT2D eigenvalue weighted by Gasteiger charge is -2.33. The van der Waals surface area contributed by atoms with E-state index in [4.69, 9.17) is 10.7 Å². The summed E-state index contributed by atoms with van der Waals surface area (Å²) in [4.78, 5) is 6.80. The molecule has 1 unspecified atom stereocenters. The van der Waals surface area contributed by atoms with Gasteiger partial charge < -0.3 is 16.0 Å². The van der Waals surface area contributed by atoms with Gasteiger partial charge in [-0.25, -0.2) is 4.99 Å².